The van der Waals surface area contributed by atoms with Gasteiger partial charge in [-0.15, -0.1) is 0 Å². The number of methoxy groups -OCH3 is 1. The van der Waals surface area contributed by atoms with Gasteiger partial charge in [0.25, 0.3) is 5.69 Å². The van der Waals surface area contributed by atoms with E-state index in [1.54, 1.807) is 22.6 Å². The first-order valence-electron chi connectivity index (χ1n) is 3.44. The maximum Gasteiger partial charge on any atom is 0.340 e. The molecule has 0 fully saturated rings. The zero-order valence-corrected chi connectivity index (χ0v) is 9.22. The number of nitrogens with zero attached hydrogens (tertiary/aromatic N) is 2. The zero-order chi connectivity index (χ0) is 10.7. The van der Waals surface area contributed by atoms with Crippen LogP contribution in [0.15, 0.2) is 12.3 Å². The smallest absolute Gasteiger partial charge is 0.340 e. The van der Waals surface area contributed by atoms with Gasteiger partial charge in [-0.1, -0.05) is 0 Å². The number of aromatic nitrogens is 1. The molecule has 0 spiro atoms. The average molecular weight is 308 g/mol. The number of rotatable bonds is 2. The monoisotopic (exact) mass is 308 g/mol. The summed E-state index contributed by atoms with van der Waals surface area (Å²) in [5.74, 6) is -0.634. The Morgan fingerprint density at radius 2 is 2.36 bits per heavy atom. The van der Waals surface area contributed by atoms with E-state index in [-0.39, 0.29) is 11.3 Å². The summed E-state index contributed by atoms with van der Waals surface area (Å²) in [6.45, 7) is 0. The summed E-state index contributed by atoms with van der Waals surface area (Å²) in [7, 11) is 1.21. The Morgan fingerprint density at radius 3 is 2.86 bits per heavy atom. The van der Waals surface area contributed by atoms with Crippen molar-refractivity contribution >= 4 is 34.2 Å². The molecule has 1 rings (SSSR count). The van der Waals surface area contributed by atoms with E-state index >= 15 is 0 Å². The second kappa shape index (κ2) is 4.31. The molecular weight excluding hydrogens is 303 g/mol. The van der Waals surface area contributed by atoms with Crippen LogP contribution in [0.4, 0.5) is 5.69 Å². The maximum atomic E-state index is 11.1. The highest BCUT2D eigenvalue weighted by atomic mass is 127. The molecule has 14 heavy (non-hydrogen) atoms. The molecule has 6 nitrogen and oxygen atoms in total. The Labute approximate surface area is 92.6 Å². The van der Waals surface area contributed by atoms with Gasteiger partial charge in [-0.3, -0.25) is 10.1 Å². The van der Waals surface area contributed by atoms with Crippen LogP contribution in [0.2, 0.25) is 0 Å². The molecule has 0 radical (unpaired) electrons. The van der Waals surface area contributed by atoms with Crippen molar-refractivity contribution in [1.82, 2.24) is 4.98 Å². The van der Waals surface area contributed by atoms with Crippen molar-refractivity contribution in [3.8, 4) is 0 Å². The lowest BCUT2D eigenvalue weighted by atomic mass is 10.3. The van der Waals surface area contributed by atoms with Gasteiger partial charge in [-0.25, -0.2) is 9.78 Å². The van der Waals surface area contributed by atoms with E-state index in [2.05, 4.69) is 9.72 Å². The largest absolute Gasteiger partial charge is 0.465 e. The standard InChI is InChI=1S/C7H5IN2O4/c1-14-7(11)5-2-4(10(12)13)3-9-6(5)8/h2-3H,1H3. The second-order valence-corrected chi connectivity index (χ2v) is 3.30. The fourth-order valence-electron chi connectivity index (χ4n) is 0.790. The van der Waals surface area contributed by atoms with Gasteiger partial charge >= 0.3 is 5.97 Å². The van der Waals surface area contributed by atoms with Crippen LogP contribution in [0.25, 0.3) is 0 Å². The minimum absolute atomic E-state index is 0.0994. The molecule has 0 aromatic carbocycles. The molecule has 0 saturated carbocycles. The second-order valence-electron chi connectivity index (χ2n) is 2.28. The minimum Gasteiger partial charge on any atom is -0.465 e. The topological polar surface area (TPSA) is 82.3 Å². The summed E-state index contributed by atoms with van der Waals surface area (Å²) >= 11 is 1.80. The van der Waals surface area contributed by atoms with Crippen LogP contribution >= 0.6 is 22.6 Å². The normalized spacial score (nSPS) is 9.57. The molecule has 0 atom stereocenters. The first-order valence-corrected chi connectivity index (χ1v) is 4.52. The van der Waals surface area contributed by atoms with Crippen molar-refractivity contribution in [2.24, 2.45) is 0 Å². The van der Waals surface area contributed by atoms with Crippen molar-refractivity contribution in [3.05, 3.63) is 31.6 Å². The average Bonchev–Trinajstić information content (AvgIpc) is 2.17. The number of carbonyl (C=O) groups is 1. The summed E-state index contributed by atoms with van der Waals surface area (Å²) < 4.78 is 4.82. The molecule has 0 amide bonds. The summed E-state index contributed by atoms with van der Waals surface area (Å²) in [4.78, 5) is 24.6. The fraction of sp³-hybridized carbons (Fsp3) is 0.143. The lowest BCUT2D eigenvalue weighted by Gasteiger charge is -2.00. The highest BCUT2D eigenvalue weighted by molar-refractivity contribution is 14.1. The maximum absolute atomic E-state index is 11.1. The van der Waals surface area contributed by atoms with Gasteiger partial charge in [0.2, 0.25) is 0 Å². The molecule has 74 valence electrons. The summed E-state index contributed by atoms with van der Waals surface area (Å²) in [5.41, 5.74) is -0.131. The molecule has 0 aliphatic rings. The van der Waals surface area contributed by atoms with E-state index in [4.69, 9.17) is 0 Å². The van der Waals surface area contributed by atoms with Crippen LogP contribution in [-0.2, 0) is 4.74 Å². The summed E-state index contributed by atoms with van der Waals surface area (Å²) in [6.07, 6.45) is 1.09. The van der Waals surface area contributed by atoms with Gasteiger partial charge in [0.1, 0.15) is 9.90 Å². The van der Waals surface area contributed by atoms with Crippen LogP contribution in [0, 0.1) is 13.8 Å². The Kier molecular flexibility index (Phi) is 3.33. The molecule has 0 saturated heterocycles. The van der Waals surface area contributed by atoms with E-state index in [0.29, 0.717) is 3.70 Å². The third-order valence-electron chi connectivity index (χ3n) is 1.44. The number of halogens is 1. The molecule has 0 N–H and O–H groups in total. The first kappa shape index (κ1) is 10.8. The Balaban J connectivity index is 3.21. The number of carbonyl (C=O) groups excluding carboxylic acids is 1. The van der Waals surface area contributed by atoms with Gasteiger partial charge in [0.05, 0.1) is 17.6 Å². The summed E-state index contributed by atoms with van der Waals surface area (Å²) in [6, 6.07) is 1.14. The van der Waals surface area contributed by atoms with Gasteiger partial charge < -0.3 is 4.74 Å². The van der Waals surface area contributed by atoms with Gasteiger partial charge in [0, 0.05) is 6.07 Å². The quantitative estimate of drug-likeness (QED) is 0.271. The van der Waals surface area contributed by atoms with Gasteiger partial charge in [-0.2, -0.15) is 0 Å². The van der Waals surface area contributed by atoms with Crippen molar-refractivity contribution in [1.29, 1.82) is 0 Å². The van der Waals surface area contributed by atoms with Crippen LogP contribution in [-0.4, -0.2) is 23.0 Å². The number of hydrogen-bond acceptors (Lipinski definition) is 5. The minimum atomic E-state index is -0.634. The van der Waals surface area contributed by atoms with Crippen molar-refractivity contribution in [3.63, 3.8) is 0 Å². The lowest BCUT2D eigenvalue weighted by molar-refractivity contribution is -0.385. The number of ether oxygens (including phenoxy) is 1. The predicted molar refractivity (Wildman–Crippen MR) is 54.9 cm³/mol. The highest BCUT2D eigenvalue weighted by Gasteiger charge is 2.16. The summed E-state index contributed by atoms with van der Waals surface area (Å²) in [5, 5.41) is 10.4. The fourth-order valence-corrected chi connectivity index (χ4v) is 1.31. The Morgan fingerprint density at radius 1 is 1.71 bits per heavy atom. The molecule has 0 bridgehead atoms. The zero-order valence-electron chi connectivity index (χ0n) is 7.06. The molecule has 0 unspecified atom stereocenters. The van der Waals surface area contributed by atoms with Gasteiger partial charge in [-0.05, 0) is 22.6 Å². The lowest BCUT2D eigenvalue weighted by Crippen LogP contribution is -2.06. The van der Waals surface area contributed by atoms with Crippen molar-refractivity contribution < 1.29 is 14.5 Å². The van der Waals surface area contributed by atoms with Gasteiger partial charge in [0.15, 0.2) is 0 Å². The Bertz CT molecular complexity index is 393. The molecule has 0 aliphatic heterocycles. The molecule has 1 aromatic heterocycles. The number of nitro groups is 1. The van der Waals surface area contributed by atoms with Crippen molar-refractivity contribution in [2.75, 3.05) is 7.11 Å². The highest BCUT2D eigenvalue weighted by Crippen LogP contribution is 2.17. The predicted octanol–water partition coefficient (Wildman–Crippen LogP) is 1.38. The molecule has 7 heteroatoms. The van der Waals surface area contributed by atoms with E-state index in [0.717, 1.165) is 12.3 Å². The number of esters is 1. The van der Waals surface area contributed by atoms with Crippen LogP contribution in [0.3, 0.4) is 0 Å². The third kappa shape index (κ3) is 2.16. The molecule has 1 heterocycles. The molecule has 0 aliphatic carbocycles. The number of pyridine rings is 1. The van der Waals surface area contributed by atoms with E-state index < -0.39 is 10.9 Å². The van der Waals surface area contributed by atoms with Crippen LogP contribution in [0.1, 0.15) is 10.4 Å². The third-order valence-corrected chi connectivity index (χ3v) is 2.30. The first-order chi connectivity index (χ1) is 6.56. The van der Waals surface area contributed by atoms with Crippen molar-refractivity contribution in [2.45, 2.75) is 0 Å². The SMILES string of the molecule is COC(=O)c1cc([N+](=O)[O-])cnc1I. The van der Waals surface area contributed by atoms with Crippen LogP contribution in [0.5, 0.6) is 0 Å². The van der Waals surface area contributed by atoms with E-state index in [1.807, 2.05) is 0 Å². The molecular formula is C7H5IN2O4. The number of hydrogen-bond donors (Lipinski definition) is 0. The van der Waals surface area contributed by atoms with Crippen LogP contribution < -0.4 is 0 Å². The molecule has 1 aromatic rings. The van der Waals surface area contributed by atoms with E-state index in [9.17, 15) is 14.9 Å². The Hall–Kier alpha value is -1.25. The van der Waals surface area contributed by atoms with E-state index in [1.165, 1.54) is 7.11 Å².